The van der Waals surface area contributed by atoms with Gasteiger partial charge in [0.1, 0.15) is 28.2 Å². The molecular weight excluding hydrogens is 556 g/mol. The SMILES string of the molecule is Cc1ccc(F)c(S(=O)(=O)Nc2cccc(-c3nc(-c4cc(F)ccn4)sc3-c3ccnc(N)n3)c2F)c1F. The van der Waals surface area contributed by atoms with Crippen LogP contribution < -0.4 is 10.5 Å². The number of aromatic nitrogens is 4. The number of anilines is 2. The van der Waals surface area contributed by atoms with Crippen LogP contribution >= 0.6 is 11.3 Å². The third-order valence-electron chi connectivity index (χ3n) is 5.48. The quantitative estimate of drug-likeness (QED) is 0.255. The van der Waals surface area contributed by atoms with Gasteiger partial charge in [0, 0.05) is 24.0 Å². The predicted octanol–water partition coefficient (Wildman–Crippen LogP) is 5.58. The standard InChI is InChI=1S/C25H16F4N6O2S2/c1-12-5-6-15(27)23(19(12)28)39(36,37)35-16-4-2-3-14(20(16)29)21-22(17-8-10-32-25(30)33-17)38-24(34-21)18-11-13(26)7-9-31-18/h2-11,35H,1H3,(H2,30,32,33). The molecule has 8 nitrogen and oxygen atoms in total. The van der Waals surface area contributed by atoms with Gasteiger partial charge in [0.15, 0.2) is 10.7 Å². The Morgan fingerprint density at radius 2 is 1.67 bits per heavy atom. The molecule has 3 heterocycles. The van der Waals surface area contributed by atoms with Gasteiger partial charge in [-0.3, -0.25) is 9.71 Å². The number of nitrogens with zero attached hydrogens (tertiary/aromatic N) is 4. The zero-order chi connectivity index (χ0) is 27.9. The average Bonchev–Trinajstić information content (AvgIpc) is 3.33. The van der Waals surface area contributed by atoms with Crippen molar-refractivity contribution in [2.45, 2.75) is 11.8 Å². The first-order valence-corrected chi connectivity index (χ1v) is 13.3. The first kappa shape index (κ1) is 26.2. The van der Waals surface area contributed by atoms with Gasteiger partial charge in [-0.1, -0.05) is 12.1 Å². The highest BCUT2D eigenvalue weighted by Gasteiger charge is 2.28. The van der Waals surface area contributed by atoms with Crippen LogP contribution in [0, 0.1) is 30.2 Å². The van der Waals surface area contributed by atoms with E-state index in [2.05, 4.69) is 19.9 Å². The number of halogens is 4. The molecule has 3 N–H and O–H groups in total. The molecule has 5 rings (SSSR count). The Bertz CT molecular complexity index is 1850. The van der Waals surface area contributed by atoms with Crippen molar-refractivity contribution in [1.82, 2.24) is 19.9 Å². The lowest BCUT2D eigenvalue weighted by Crippen LogP contribution is -2.18. The van der Waals surface area contributed by atoms with Crippen LogP contribution in [0.4, 0.5) is 29.2 Å². The van der Waals surface area contributed by atoms with Gasteiger partial charge < -0.3 is 5.73 Å². The molecule has 0 aliphatic carbocycles. The number of benzene rings is 2. The molecule has 2 aromatic carbocycles. The number of nitrogen functional groups attached to an aromatic ring is 1. The lowest BCUT2D eigenvalue weighted by atomic mass is 10.1. The van der Waals surface area contributed by atoms with Crippen LogP contribution in [0.2, 0.25) is 0 Å². The molecule has 0 aliphatic rings. The van der Waals surface area contributed by atoms with Gasteiger partial charge in [-0.2, -0.15) is 0 Å². The Morgan fingerprint density at radius 1 is 0.897 bits per heavy atom. The largest absolute Gasteiger partial charge is 0.368 e. The van der Waals surface area contributed by atoms with Crippen LogP contribution in [0.15, 0.2) is 65.8 Å². The van der Waals surface area contributed by atoms with Crippen molar-refractivity contribution < 1.29 is 26.0 Å². The van der Waals surface area contributed by atoms with Gasteiger partial charge in [-0.05, 0) is 42.8 Å². The van der Waals surface area contributed by atoms with Gasteiger partial charge in [0.2, 0.25) is 5.95 Å². The summed E-state index contributed by atoms with van der Waals surface area (Å²) in [6, 6.07) is 9.43. The summed E-state index contributed by atoms with van der Waals surface area (Å²) >= 11 is 1.02. The van der Waals surface area contributed by atoms with Crippen LogP contribution in [-0.4, -0.2) is 28.4 Å². The molecule has 39 heavy (non-hydrogen) atoms. The fraction of sp³-hybridized carbons (Fsp3) is 0.0400. The van der Waals surface area contributed by atoms with E-state index in [1.807, 2.05) is 4.72 Å². The van der Waals surface area contributed by atoms with Crippen molar-refractivity contribution >= 4 is 33.0 Å². The Morgan fingerprint density at radius 3 is 2.41 bits per heavy atom. The van der Waals surface area contributed by atoms with Crippen molar-refractivity contribution in [2.75, 3.05) is 10.5 Å². The van der Waals surface area contributed by atoms with Crippen LogP contribution in [0.5, 0.6) is 0 Å². The van der Waals surface area contributed by atoms with Crippen LogP contribution in [0.1, 0.15) is 5.56 Å². The van der Waals surface area contributed by atoms with E-state index in [0.29, 0.717) is 4.88 Å². The van der Waals surface area contributed by atoms with Gasteiger partial charge in [0.25, 0.3) is 10.0 Å². The molecule has 0 amide bonds. The van der Waals surface area contributed by atoms with E-state index < -0.39 is 43.9 Å². The maximum Gasteiger partial charge on any atom is 0.267 e. The summed E-state index contributed by atoms with van der Waals surface area (Å²) < 4.78 is 86.3. The van der Waals surface area contributed by atoms with Gasteiger partial charge >= 0.3 is 0 Å². The monoisotopic (exact) mass is 572 g/mol. The van der Waals surface area contributed by atoms with Crippen LogP contribution in [0.25, 0.3) is 32.5 Å². The summed E-state index contributed by atoms with van der Waals surface area (Å²) in [5, 5.41) is 0.214. The average molecular weight is 573 g/mol. The summed E-state index contributed by atoms with van der Waals surface area (Å²) in [6.45, 7) is 1.27. The first-order valence-electron chi connectivity index (χ1n) is 11.0. The second-order valence-electron chi connectivity index (χ2n) is 8.14. The number of hydrogen-bond donors (Lipinski definition) is 2. The van der Waals surface area contributed by atoms with Crippen molar-refractivity contribution in [1.29, 1.82) is 0 Å². The smallest absolute Gasteiger partial charge is 0.267 e. The topological polar surface area (TPSA) is 124 Å². The van der Waals surface area contributed by atoms with Crippen molar-refractivity contribution in [2.24, 2.45) is 0 Å². The highest BCUT2D eigenvalue weighted by atomic mass is 32.2. The zero-order valence-electron chi connectivity index (χ0n) is 19.8. The third-order valence-corrected chi connectivity index (χ3v) is 7.98. The molecule has 198 valence electrons. The number of thiazole rings is 1. The first-order chi connectivity index (χ1) is 18.5. The summed E-state index contributed by atoms with van der Waals surface area (Å²) in [5.74, 6) is -4.35. The van der Waals surface area contributed by atoms with E-state index in [1.54, 1.807) is 0 Å². The predicted molar refractivity (Wildman–Crippen MR) is 138 cm³/mol. The van der Waals surface area contributed by atoms with Crippen LogP contribution in [0.3, 0.4) is 0 Å². The van der Waals surface area contributed by atoms with E-state index in [9.17, 15) is 21.6 Å². The number of aryl methyl sites for hydroxylation is 1. The fourth-order valence-electron chi connectivity index (χ4n) is 3.67. The summed E-state index contributed by atoms with van der Waals surface area (Å²) in [6.07, 6.45) is 2.63. The molecule has 0 unspecified atom stereocenters. The Balaban J connectivity index is 1.65. The number of rotatable bonds is 6. The van der Waals surface area contributed by atoms with E-state index in [0.717, 1.165) is 41.7 Å². The van der Waals surface area contributed by atoms with E-state index in [1.165, 1.54) is 37.5 Å². The van der Waals surface area contributed by atoms with E-state index >= 15 is 4.39 Å². The molecule has 0 radical (unpaired) electrons. The molecule has 0 bridgehead atoms. The number of sulfonamides is 1. The maximum absolute atomic E-state index is 15.9. The molecule has 14 heteroatoms. The fourth-order valence-corrected chi connectivity index (χ4v) is 5.96. The van der Waals surface area contributed by atoms with Crippen molar-refractivity contribution in [3.8, 4) is 32.5 Å². The van der Waals surface area contributed by atoms with Crippen LogP contribution in [-0.2, 0) is 10.0 Å². The Kier molecular flexibility index (Phi) is 6.74. The molecule has 0 aliphatic heterocycles. The third kappa shape index (κ3) is 5.03. The Labute approximate surface area is 223 Å². The highest BCUT2D eigenvalue weighted by Crippen LogP contribution is 2.41. The highest BCUT2D eigenvalue weighted by molar-refractivity contribution is 7.92. The maximum atomic E-state index is 15.9. The zero-order valence-corrected chi connectivity index (χ0v) is 21.4. The van der Waals surface area contributed by atoms with Gasteiger partial charge in [-0.15, -0.1) is 11.3 Å². The molecule has 0 saturated carbocycles. The molecule has 0 atom stereocenters. The molecule has 5 aromatic rings. The molecule has 0 fully saturated rings. The summed E-state index contributed by atoms with van der Waals surface area (Å²) in [5.41, 5.74) is 5.31. The van der Waals surface area contributed by atoms with Gasteiger partial charge in [0.05, 0.1) is 22.0 Å². The van der Waals surface area contributed by atoms with Gasteiger partial charge in [-0.25, -0.2) is 40.9 Å². The van der Waals surface area contributed by atoms with Crippen molar-refractivity contribution in [3.05, 3.63) is 89.8 Å². The van der Waals surface area contributed by atoms with E-state index in [4.69, 9.17) is 5.73 Å². The number of hydrogen-bond acceptors (Lipinski definition) is 8. The lowest BCUT2D eigenvalue weighted by molar-refractivity contribution is 0.516. The number of nitrogens with two attached hydrogens (primary N) is 1. The molecule has 0 spiro atoms. The minimum atomic E-state index is -4.88. The Hall–Kier alpha value is -4.43. The lowest BCUT2D eigenvalue weighted by Gasteiger charge is -2.13. The molecule has 0 saturated heterocycles. The molecule has 3 aromatic heterocycles. The second-order valence-corrected chi connectivity index (χ2v) is 10.8. The number of nitrogens with one attached hydrogen (secondary N) is 1. The van der Waals surface area contributed by atoms with E-state index in [-0.39, 0.29) is 39.2 Å². The summed E-state index contributed by atoms with van der Waals surface area (Å²) in [7, 11) is -4.88. The number of pyridine rings is 1. The normalized spacial score (nSPS) is 11.5. The summed E-state index contributed by atoms with van der Waals surface area (Å²) in [4.78, 5) is 15.6. The molecular formula is C25H16F4N6O2S2. The van der Waals surface area contributed by atoms with Crippen molar-refractivity contribution in [3.63, 3.8) is 0 Å². The minimum Gasteiger partial charge on any atom is -0.368 e. The minimum absolute atomic E-state index is 0.0191. The second kappa shape index (κ2) is 10.0.